The summed E-state index contributed by atoms with van der Waals surface area (Å²) in [6.45, 7) is 8.05. The molecule has 138 valence electrons. The molecule has 1 fully saturated rings. The van der Waals surface area contributed by atoms with Crippen LogP contribution < -0.4 is 9.80 Å². The largest absolute Gasteiger partial charge is 0.340 e. The highest BCUT2D eigenvalue weighted by Crippen LogP contribution is 2.27. The van der Waals surface area contributed by atoms with Gasteiger partial charge in [-0.15, -0.1) is 0 Å². The Morgan fingerprint density at radius 2 is 1.92 bits per heavy atom. The fourth-order valence-electron chi connectivity index (χ4n) is 4.01. The van der Waals surface area contributed by atoms with Crippen molar-refractivity contribution in [3.05, 3.63) is 42.2 Å². The monoisotopic (exact) mass is 353 g/mol. The maximum atomic E-state index is 12.9. The second kappa shape index (κ2) is 7.50. The minimum Gasteiger partial charge on any atom is -0.340 e. The van der Waals surface area contributed by atoms with Crippen molar-refractivity contribution < 1.29 is 4.79 Å². The number of anilines is 2. The Labute approximate surface area is 155 Å². The number of imidazole rings is 1. The van der Waals surface area contributed by atoms with Crippen molar-refractivity contribution in [2.75, 3.05) is 49.1 Å². The average molecular weight is 353 g/mol. The molecular formula is C20H27N5O. The number of hydrogen-bond donors (Lipinski definition) is 0. The van der Waals surface area contributed by atoms with Gasteiger partial charge in [-0.1, -0.05) is 18.2 Å². The summed E-state index contributed by atoms with van der Waals surface area (Å²) in [6.07, 6.45) is 6.01. The van der Waals surface area contributed by atoms with Gasteiger partial charge in [-0.05, 0) is 31.4 Å². The number of para-hydroxylation sites is 1. The van der Waals surface area contributed by atoms with Crippen LogP contribution in [0.4, 0.5) is 11.6 Å². The zero-order valence-corrected chi connectivity index (χ0v) is 15.5. The van der Waals surface area contributed by atoms with Gasteiger partial charge in [0.15, 0.2) is 0 Å². The zero-order valence-electron chi connectivity index (χ0n) is 15.5. The normalized spacial score (nSPS) is 18.0. The molecule has 0 spiro atoms. The number of piperazine rings is 1. The minimum absolute atomic E-state index is 0.223. The van der Waals surface area contributed by atoms with Crippen LogP contribution in [0.15, 0.2) is 36.7 Å². The van der Waals surface area contributed by atoms with E-state index in [0.717, 1.165) is 63.7 Å². The van der Waals surface area contributed by atoms with E-state index < -0.39 is 0 Å². The van der Waals surface area contributed by atoms with Gasteiger partial charge in [0.2, 0.25) is 11.9 Å². The lowest BCUT2D eigenvalue weighted by atomic mass is 10.0. The summed E-state index contributed by atoms with van der Waals surface area (Å²) in [5, 5.41) is 0. The quantitative estimate of drug-likeness (QED) is 0.843. The van der Waals surface area contributed by atoms with Crippen LogP contribution in [0.2, 0.25) is 0 Å². The van der Waals surface area contributed by atoms with Crippen LogP contribution in [-0.2, 0) is 17.8 Å². The van der Waals surface area contributed by atoms with E-state index in [2.05, 4.69) is 44.5 Å². The smallest absolute Gasteiger partial charge is 0.241 e. The Balaban J connectivity index is 1.36. The molecule has 6 nitrogen and oxygen atoms in total. The Morgan fingerprint density at radius 3 is 2.73 bits per heavy atom. The molecule has 0 unspecified atom stereocenters. The maximum absolute atomic E-state index is 12.9. The molecule has 2 aromatic rings. The molecule has 0 atom stereocenters. The van der Waals surface area contributed by atoms with E-state index in [-0.39, 0.29) is 5.91 Å². The summed E-state index contributed by atoms with van der Waals surface area (Å²) < 4.78 is 2.17. The number of fused-ring (bicyclic) bond motifs is 1. The van der Waals surface area contributed by atoms with E-state index in [1.54, 1.807) is 0 Å². The van der Waals surface area contributed by atoms with Gasteiger partial charge in [0.25, 0.3) is 0 Å². The molecule has 3 heterocycles. The van der Waals surface area contributed by atoms with Crippen LogP contribution in [0.1, 0.15) is 18.9 Å². The third kappa shape index (κ3) is 3.33. The molecule has 0 bridgehead atoms. The first-order valence-corrected chi connectivity index (χ1v) is 9.63. The highest BCUT2D eigenvalue weighted by atomic mass is 16.2. The van der Waals surface area contributed by atoms with E-state index in [9.17, 15) is 4.79 Å². The molecule has 2 aliphatic rings. The summed E-state index contributed by atoms with van der Waals surface area (Å²) in [5.74, 6) is 1.27. The molecule has 2 aliphatic heterocycles. The number of carbonyl (C=O) groups is 1. The lowest BCUT2D eigenvalue weighted by Gasteiger charge is -2.37. The number of benzene rings is 1. The molecule has 0 saturated carbocycles. The molecular weight excluding hydrogens is 326 g/mol. The van der Waals surface area contributed by atoms with Gasteiger partial charge in [-0.2, -0.15) is 0 Å². The maximum Gasteiger partial charge on any atom is 0.241 e. The Kier molecular flexibility index (Phi) is 4.93. The van der Waals surface area contributed by atoms with Crippen LogP contribution in [-0.4, -0.2) is 59.6 Å². The molecule has 1 aromatic carbocycles. The molecule has 0 N–H and O–H groups in total. The summed E-state index contributed by atoms with van der Waals surface area (Å²) in [4.78, 5) is 24.0. The van der Waals surface area contributed by atoms with Crippen LogP contribution in [0, 0.1) is 0 Å². The lowest BCUT2D eigenvalue weighted by Crippen LogP contribution is -2.51. The van der Waals surface area contributed by atoms with Gasteiger partial charge in [0.1, 0.15) is 0 Å². The number of rotatable bonds is 4. The predicted molar refractivity (Wildman–Crippen MR) is 104 cm³/mol. The van der Waals surface area contributed by atoms with Gasteiger partial charge in [0, 0.05) is 57.3 Å². The second-order valence-electron chi connectivity index (χ2n) is 7.05. The van der Waals surface area contributed by atoms with E-state index in [4.69, 9.17) is 0 Å². The van der Waals surface area contributed by atoms with E-state index in [1.165, 1.54) is 5.56 Å². The van der Waals surface area contributed by atoms with Gasteiger partial charge >= 0.3 is 0 Å². The number of hydrogen-bond acceptors (Lipinski definition) is 4. The van der Waals surface area contributed by atoms with Gasteiger partial charge < -0.3 is 14.4 Å². The first-order chi connectivity index (χ1) is 12.8. The third-order valence-electron chi connectivity index (χ3n) is 5.46. The highest BCUT2D eigenvalue weighted by Gasteiger charge is 2.26. The molecule has 4 rings (SSSR count). The summed E-state index contributed by atoms with van der Waals surface area (Å²) >= 11 is 0. The van der Waals surface area contributed by atoms with Crippen molar-refractivity contribution in [1.82, 2.24) is 14.5 Å². The van der Waals surface area contributed by atoms with Crippen molar-refractivity contribution in [3.8, 4) is 0 Å². The molecule has 1 saturated heterocycles. The fraction of sp³-hybridized carbons (Fsp3) is 0.500. The summed E-state index contributed by atoms with van der Waals surface area (Å²) in [5.41, 5.74) is 2.40. The lowest BCUT2D eigenvalue weighted by molar-refractivity contribution is -0.119. The van der Waals surface area contributed by atoms with Gasteiger partial charge in [0.05, 0.1) is 6.54 Å². The van der Waals surface area contributed by atoms with Crippen molar-refractivity contribution in [2.45, 2.75) is 26.3 Å². The van der Waals surface area contributed by atoms with Crippen molar-refractivity contribution >= 4 is 17.5 Å². The highest BCUT2D eigenvalue weighted by molar-refractivity contribution is 5.96. The number of aryl methyl sites for hydroxylation is 2. The van der Waals surface area contributed by atoms with Crippen molar-refractivity contribution in [3.63, 3.8) is 0 Å². The van der Waals surface area contributed by atoms with Crippen LogP contribution >= 0.6 is 0 Å². The number of amides is 1. The topological polar surface area (TPSA) is 44.6 Å². The predicted octanol–water partition coefficient (Wildman–Crippen LogP) is 2.00. The van der Waals surface area contributed by atoms with Crippen LogP contribution in [0.3, 0.4) is 0 Å². The zero-order chi connectivity index (χ0) is 17.9. The van der Waals surface area contributed by atoms with Gasteiger partial charge in [-0.3, -0.25) is 9.69 Å². The number of aromatic nitrogens is 2. The van der Waals surface area contributed by atoms with E-state index in [1.807, 2.05) is 23.4 Å². The number of carbonyl (C=O) groups excluding carboxylic acids is 1. The molecule has 1 amide bonds. The average Bonchev–Trinajstić information content (AvgIpc) is 3.17. The molecule has 1 aromatic heterocycles. The fourth-order valence-corrected chi connectivity index (χ4v) is 4.01. The Hall–Kier alpha value is -2.34. The van der Waals surface area contributed by atoms with E-state index >= 15 is 0 Å². The molecule has 0 radical (unpaired) electrons. The standard InChI is InChI=1S/C20H27N5O/c1-2-23-11-9-21-20(23)24-14-12-22(13-15-24)16-19(26)25-10-5-7-17-6-3-4-8-18(17)25/h3-4,6,8-9,11H,2,5,7,10,12-16H2,1H3. The van der Waals surface area contributed by atoms with Crippen LogP contribution in [0.5, 0.6) is 0 Å². The van der Waals surface area contributed by atoms with Crippen molar-refractivity contribution in [1.29, 1.82) is 0 Å². The molecule has 26 heavy (non-hydrogen) atoms. The third-order valence-corrected chi connectivity index (χ3v) is 5.46. The molecule has 0 aliphatic carbocycles. The summed E-state index contributed by atoms with van der Waals surface area (Å²) in [6, 6.07) is 8.31. The summed E-state index contributed by atoms with van der Waals surface area (Å²) in [7, 11) is 0. The first kappa shape index (κ1) is 17.1. The second-order valence-corrected chi connectivity index (χ2v) is 7.05. The Bertz CT molecular complexity index is 763. The first-order valence-electron chi connectivity index (χ1n) is 9.63. The number of nitrogens with zero attached hydrogens (tertiary/aromatic N) is 5. The minimum atomic E-state index is 0.223. The molecule has 6 heteroatoms. The van der Waals surface area contributed by atoms with Gasteiger partial charge in [-0.25, -0.2) is 4.98 Å². The Morgan fingerprint density at radius 1 is 1.12 bits per heavy atom. The van der Waals surface area contributed by atoms with Crippen molar-refractivity contribution in [2.24, 2.45) is 0 Å². The van der Waals surface area contributed by atoms with Crippen LogP contribution in [0.25, 0.3) is 0 Å². The SMILES string of the molecule is CCn1ccnc1N1CCN(CC(=O)N2CCCc3ccccc32)CC1. The van der Waals surface area contributed by atoms with E-state index in [0.29, 0.717) is 6.54 Å².